The highest BCUT2D eigenvalue weighted by molar-refractivity contribution is 9.10. The minimum atomic E-state index is -0.285. The fourth-order valence-corrected chi connectivity index (χ4v) is 2.86. The van der Waals surface area contributed by atoms with Crippen LogP contribution in [0.25, 0.3) is 0 Å². The molecule has 0 bridgehead atoms. The Morgan fingerprint density at radius 1 is 1.43 bits per heavy atom. The molecule has 0 fully saturated rings. The van der Waals surface area contributed by atoms with Gasteiger partial charge in [-0.15, -0.1) is 11.3 Å². The highest BCUT2D eigenvalue weighted by Crippen LogP contribution is 2.32. The van der Waals surface area contributed by atoms with Gasteiger partial charge in [0.2, 0.25) is 0 Å². The maximum Gasteiger partial charge on any atom is 0.0882 e. The van der Waals surface area contributed by atoms with Gasteiger partial charge in [-0.3, -0.25) is 0 Å². The van der Waals surface area contributed by atoms with E-state index in [2.05, 4.69) is 36.7 Å². The van der Waals surface area contributed by atoms with E-state index in [-0.39, 0.29) is 6.10 Å². The Kier molecular flexibility index (Phi) is 4.61. The van der Waals surface area contributed by atoms with Crippen molar-refractivity contribution in [3.05, 3.63) is 20.3 Å². The van der Waals surface area contributed by atoms with Crippen LogP contribution in [0.4, 0.5) is 0 Å². The van der Waals surface area contributed by atoms with Crippen LogP contribution in [0.5, 0.6) is 0 Å². The summed E-state index contributed by atoms with van der Waals surface area (Å²) in [7, 11) is 0. The van der Waals surface area contributed by atoms with E-state index < -0.39 is 0 Å². The first-order valence-electron chi connectivity index (χ1n) is 4.94. The van der Waals surface area contributed by atoms with Gasteiger partial charge in [0.05, 0.1) is 6.10 Å². The number of rotatable bonds is 4. The highest BCUT2D eigenvalue weighted by atomic mass is 79.9. The van der Waals surface area contributed by atoms with E-state index >= 15 is 0 Å². The molecule has 0 spiro atoms. The summed E-state index contributed by atoms with van der Waals surface area (Å²) in [6.45, 7) is 6.43. The molecule has 0 aliphatic rings. The van der Waals surface area contributed by atoms with Crippen LogP contribution in [-0.2, 0) is 0 Å². The molecular formula is C11H17BrOS. The number of aliphatic hydroxyl groups is 1. The lowest BCUT2D eigenvalue weighted by molar-refractivity contribution is 0.163. The number of hydrogen-bond acceptors (Lipinski definition) is 2. The van der Waals surface area contributed by atoms with Crippen LogP contribution in [0.1, 0.15) is 42.5 Å². The smallest absolute Gasteiger partial charge is 0.0882 e. The minimum absolute atomic E-state index is 0.285. The first-order chi connectivity index (χ1) is 6.50. The third-order valence-electron chi connectivity index (χ3n) is 2.22. The zero-order valence-corrected chi connectivity index (χ0v) is 11.3. The molecule has 1 atom stereocenters. The van der Waals surface area contributed by atoms with E-state index in [1.54, 1.807) is 11.3 Å². The van der Waals surface area contributed by atoms with Gasteiger partial charge in [0.15, 0.2) is 0 Å². The van der Waals surface area contributed by atoms with Crippen LogP contribution in [-0.4, -0.2) is 5.11 Å². The van der Waals surface area contributed by atoms with Crippen molar-refractivity contribution in [2.24, 2.45) is 5.92 Å². The average molecular weight is 277 g/mol. The molecule has 0 aromatic carbocycles. The van der Waals surface area contributed by atoms with E-state index in [0.717, 1.165) is 22.2 Å². The van der Waals surface area contributed by atoms with Gasteiger partial charge in [-0.05, 0) is 47.7 Å². The van der Waals surface area contributed by atoms with Crippen LogP contribution in [0, 0.1) is 12.8 Å². The lowest BCUT2D eigenvalue weighted by atomic mass is 10.0. The number of thiophene rings is 1. The van der Waals surface area contributed by atoms with Gasteiger partial charge in [-0.25, -0.2) is 0 Å². The Morgan fingerprint density at radius 3 is 2.50 bits per heavy atom. The summed E-state index contributed by atoms with van der Waals surface area (Å²) in [6, 6.07) is 2.03. The van der Waals surface area contributed by atoms with Crippen molar-refractivity contribution in [2.75, 3.05) is 0 Å². The largest absolute Gasteiger partial charge is 0.388 e. The summed E-state index contributed by atoms with van der Waals surface area (Å²) < 4.78 is 1.11. The molecule has 0 aliphatic carbocycles. The predicted octanol–water partition coefficient (Wildman–Crippen LogP) is 4.29. The van der Waals surface area contributed by atoms with E-state index in [1.165, 1.54) is 4.88 Å². The average Bonchev–Trinajstić information content (AvgIpc) is 2.43. The van der Waals surface area contributed by atoms with Crippen molar-refractivity contribution < 1.29 is 5.11 Å². The second-order valence-electron chi connectivity index (χ2n) is 4.04. The lowest BCUT2D eigenvalue weighted by Gasteiger charge is -2.09. The predicted molar refractivity (Wildman–Crippen MR) is 65.8 cm³/mol. The van der Waals surface area contributed by atoms with E-state index in [9.17, 15) is 5.11 Å². The van der Waals surface area contributed by atoms with Gasteiger partial charge < -0.3 is 5.11 Å². The minimum Gasteiger partial charge on any atom is -0.388 e. The highest BCUT2D eigenvalue weighted by Gasteiger charge is 2.12. The van der Waals surface area contributed by atoms with E-state index in [0.29, 0.717) is 5.92 Å². The van der Waals surface area contributed by atoms with Crippen molar-refractivity contribution in [1.82, 2.24) is 0 Å². The molecule has 14 heavy (non-hydrogen) atoms. The van der Waals surface area contributed by atoms with Crippen molar-refractivity contribution in [1.29, 1.82) is 0 Å². The lowest BCUT2D eigenvalue weighted by Crippen LogP contribution is -1.97. The molecule has 1 aromatic heterocycles. The molecule has 0 radical (unpaired) electrons. The third kappa shape index (κ3) is 3.37. The second kappa shape index (κ2) is 5.29. The number of halogens is 1. The maximum atomic E-state index is 9.90. The molecule has 0 saturated carbocycles. The number of aryl methyl sites for hydroxylation is 1. The van der Waals surface area contributed by atoms with Crippen LogP contribution in [0.3, 0.4) is 0 Å². The van der Waals surface area contributed by atoms with Crippen LogP contribution in [0.15, 0.2) is 10.5 Å². The normalized spacial score (nSPS) is 13.6. The van der Waals surface area contributed by atoms with Crippen molar-refractivity contribution in [3.8, 4) is 0 Å². The Hall–Kier alpha value is 0.140. The zero-order valence-electron chi connectivity index (χ0n) is 8.88. The summed E-state index contributed by atoms with van der Waals surface area (Å²) in [5, 5.41) is 9.90. The molecule has 1 rings (SSSR count). The molecule has 0 aliphatic heterocycles. The summed E-state index contributed by atoms with van der Waals surface area (Å²) in [6.07, 6.45) is 1.66. The summed E-state index contributed by atoms with van der Waals surface area (Å²) in [5.41, 5.74) is 0. The molecule has 0 saturated heterocycles. The molecule has 80 valence electrons. The topological polar surface area (TPSA) is 20.2 Å². The zero-order chi connectivity index (χ0) is 10.7. The molecule has 1 N–H and O–H groups in total. The first kappa shape index (κ1) is 12.2. The molecule has 1 heterocycles. The molecule has 0 amide bonds. The number of aliphatic hydroxyl groups excluding tert-OH is 1. The molecular weight excluding hydrogens is 260 g/mol. The monoisotopic (exact) mass is 276 g/mol. The molecule has 1 aromatic rings. The van der Waals surface area contributed by atoms with Gasteiger partial charge >= 0.3 is 0 Å². The van der Waals surface area contributed by atoms with Crippen molar-refractivity contribution in [3.63, 3.8) is 0 Å². The first-order valence-corrected chi connectivity index (χ1v) is 6.55. The van der Waals surface area contributed by atoms with Gasteiger partial charge in [0.1, 0.15) is 0 Å². The quantitative estimate of drug-likeness (QED) is 0.870. The summed E-state index contributed by atoms with van der Waals surface area (Å²) in [4.78, 5) is 2.32. The summed E-state index contributed by atoms with van der Waals surface area (Å²) in [5.74, 6) is 0.661. The van der Waals surface area contributed by atoms with Crippen molar-refractivity contribution >= 4 is 27.3 Å². The van der Waals surface area contributed by atoms with Gasteiger partial charge in [0, 0.05) is 14.2 Å². The van der Waals surface area contributed by atoms with Gasteiger partial charge in [-0.1, -0.05) is 13.8 Å². The van der Waals surface area contributed by atoms with Crippen LogP contribution in [0.2, 0.25) is 0 Å². The Bertz CT molecular complexity index is 274. The second-order valence-corrected chi connectivity index (χ2v) is 6.18. The molecule has 1 unspecified atom stereocenters. The van der Waals surface area contributed by atoms with Gasteiger partial charge in [0.25, 0.3) is 0 Å². The summed E-state index contributed by atoms with van der Waals surface area (Å²) >= 11 is 5.14. The number of hydrogen-bond donors (Lipinski definition) is 1. The van der Waals surface area contributed by atoms with Crippen molar-refractivity contribution in [2.45, 2.75) is 39.7 Å². The SMILES string of the molecule is Cc1sc(C(O)CCC(C)C)cc1Br. The molecule has 3 heteroatoms. The third-order valence-corrected chi connectivity index (χ3v) is 4.46. The van der Waals surface area contributed by atoms with E-state index in [1.807, 2.05) is 6.07 Å². The van der Waals surface area contributed by atoms with E-state index in [4.69, 9.17) is 0 Å². The molecule has 1 nitrogen and oxygen atoms in total. The maximum absolute atomic E-state index is 9.90. The standard InChI is InChI=1S/C11H17BrOS/c1-7(2)4-5-10(13)11-6-9(12)8(3)14-11/h6-7,10,13H,4-5H2,1-3H3. The fourth-order valence-electron chi connectivity index (χ4n) is 1.28. The van der Waals surface area contributed by atoms with Crippen LogP contribution >= 0.6 is 27.3 Å². The Balaban J connectivity index is 2.56. The Labute approximate surface area is 98.3 Å². The van der Waals surface area contributed by atoms with Gasteiger partial charge in [-0.2, -0.15) is 0 Å². The Morgan fingerprint density at radius 2 is 2.07 bits per heavy atom. The van der Waals surface area contributed by atoms with Crippen LogP contribution < -0.4 is 0 Å². The fraction of sp³-hybridized carbons (Fsp3) is 0.636.